The Bertz CT molecular complexity index is 231. The lowest BCUT2D eigenvalue weighted by Gasteiger charge is -2.41. The predicted octanol–water partition coefficient (Wildman–Crippen LogP) is 3.03. The zero-order valence-corrected chi connectivity index (χ0v) is 12.0. The molecule has 2 atom stereocenters. The molecule has 2 unspecified atom stereocenters. The molecule has 1 saturated carbocycles. The van der Waals surface area contributed by atoms with Crippen LogP contribution >= 0.6 is 0 Å². The summed E-state index contributed by atoms with van der Waals surface area (Å²) in [6, 6.07) is 1.67. The van der Waals surface area contributed by atoms with E-state index in [1.807, 2.05) is 0 Å². The quantitative estimate of drug-likeness (QED) is 0.810. The lowest BCUT2D eigenvalue weighted by Crippen LogP contribution is -2.44. The molecule has 1 N–H and O–H groups in total. The van der Waals surface area contributed by atoms with Crippen LogP contribution in [0.15, 0.2) is 0 Å². The maximum absolute atomic E-state index is 3.61. The first-order valence-corrected chi connectivity index (χ1v) is 7.64. The summed E-state index contributed by atoms with van der Waals surface area (Å²) in [7, 11) is 0. The number of likely N-dealkylation sites (tertiary alicyclic amines) is 1. The van der Waals surface area contributed by atoms with Crippen molar-refractivity contribution >= 4 is 0 Å². The van der Waals surface area contributed by atoms with Crippen molar-refractivity contribution in [2.24, 2.45) is 5.41 Å². The van der Waals surface area contributed by atoms with E-state index in [1.54, 1.807) is 0 Å². The molecule has 1 aliphatic carbocycles. The van der Waals surface area contributed by atoms with Crippen LogP contribution in [0, 0.1) is 5.41 Å². The normalized spacial score (nSPS) is 34.1. The Morgan fingerprint density at radius 3 is 2.47 bits per heavy atom. The van der Waals surface area contributed by atoms with Crippen LogP contribution in [-0.4, -0.2) is 36.6 Å². The zero-order chi connectivity index (χ0) is 12.3. The number of hydrogen-bond acceptors (Lipinski definition) is 2. The van der Waals surface area contributed by atoms with E-state index in [0.29, 0.717) is 5.41 Å². The second kappa shape index (κ2) is 5.71. The van der Waals surface area contributed by atoms with Gasteiger partial charge >= 0.3 is 0 Å². The van der Waals surface area contributed by atoms with Gasteiger partial charge in [-0.05, 0) is 57.2 Å². The van der Waals surface area contributed by atoms with Gasteiger partial charge in [0.25, 0.3) is 0 Å². The Kier molecular flexibility index (Phi) is 4.48. The van der Waals surface area contributed by atoms with Crippen LogP contribution in [0.1, 0.15) is 59.3 Å². The molecule has 0 bridgehead atoms. The van der Waals surface area contributed by atoms with Gasteiger partial charge in [0.05, 0.1) is 0 Å². The van der Waals surface area contributed by atoms with Crippen molar-refractivity contribution in [3.05, 3.63) is 0 Å². The lowest BCUT2D eigenvalue weighted by atomic mass is 9.78. The Morgan fingerprint density at radius 2 is 1.88 bits per heavy atom. The van der Waals surface area contributed by atoms with E-state index in [2.05, 4.69) is 31.0 Å². The van der Waals surface area contributed by atoms with Crippen molar-refractivity contribution in [1.82, 2.24) is 10.2 Å². The monoisotopic (exact) mass is 238 g/mol. The minimum Gasteiger partial charge on any atom is -0.314 e. The van der Waals surface area contributed by atoms with Crippen molar-refractivity contribution in [1.29, 1.82) is 0 Å². The molecule has 1 saturated heterocycles. The van der Waals surface area contributed by atoms with E-state index in [0.717, 1.165) is 18.6 Å². The van der Waals surface area contributed by atoms with Crippen LogP contribution in [0.25, 0.3) is 0 Å². The summed E-state index contributed by atoms with van der Waals surface area (Å²) in [6.07, 6.45) is 8.36. The van der Waals surface area contributed by atoms with E-state index >= 15 is 0 Å². The zero-order valence-electron chi connectivity index (χ0n) is 12.0. The topological polar surface area (TPSA) is 15.3 Å². The first-order valence-electron chi connectivity index (χ1n) is 7.64. The molecule has 0 aromatic heterocycles. The second-order valence-electron chi connectivity index (χ2n) is 6.42. The highest BCUT2D eigenvalue weighted by Crippen LogP contribution is 2.36. The number of nitrogens with zero attached hydrogens (tertiary/aromatic N) is 1. The van der Waals surface area contributed by atoms with Crippen molar-refractivity contribution < 1.29 is 0 Å². The van der Waals surface area contributed by atoms with Crippen molar-refractivity contribution in [3.8, 4) is 0 Å². The van der Waals surface area contributed by atoms with Crippen molar-refractivity contribution in [3.63, 3.8) is 0 Å². The summed E-state index contributed by atoms with van der Waals surface area (Å²) in [4.78, 5) is 2.77. The van der Waals surface area contributed by atoms with Gasteiger partial charge in [-0.15, -0.1) is 0 Å². The maximum atomic E-state index is 3.61. The number of nitrogens with one attached hydrogen (secondary N) is 1. The molecule has 17 heavy (non-hydrogen) atoms. The van der Waals surface area contributed by atoms with Crippen LogP contribution in [0.5, 0.6) is 0 Å². The SMILES string of the molecule is CCNC1CCC(N2CCC(C)(CC)CC2)C1. The molecule has 1 aliphatic heterocycles. The van der Waals surface area contributed by atoms with Gasteiger partial charge in [-0.1, -0.05) is 27.2 Å². The fourth-order valence-corrected chi connectivity index (χ4v) is 3.55. The van der Waals surface area contributed by atoms with Crippen LogP contribution in [0.4, 0.5) is 0 Å². The Labute approximate surface area is 107 Å². The third kappa shape index (κ3) is 3.23. The van der Waals surface area contributed by atoms with Gasteiger partial charge in [0.1, 0.15) is 0 Å². The summed E-state index contributed by atoms with van der Waals surface area (Å²) >= 11 is 0. The number of hydrogen-bond donors (Lipinski definition) is 1. The molecular weight excluding hydrogens is 208 g/mol. The first kappa shape index (κ1) is 13.4. The molecule has 0 radical (unpaired) electrons. The average molecular weight is 238 g/mol. The first-order chi connectivity index (χ1) is 8.17. The molecule has 2 fully saturated rings. The van der Waals surface area contributed by atoms with E-state index in [9.17, 15) is 0 Å². The third-order valence-electron chi connectivity index (χ3n) is 5.27. The van der Waals surface area contributed by atoms with E-state index in [4.69, 9.17) is 0 Å². The highest BCUT2D eigenvalue weighted by atomic mass is 15.2. The van der Waals surface area contributed by atoms with Crippen LogP contribution in [0.2, 0.25) is 0 Å². The molecule has 2 rings (SSSR count). The van der Waals surface area contributed by atoms with Gasteiger partial charge in [-0.3, -0.25) is 0 Å². The highest BCUT2D eigenvalue weighted by molar-refractivity contribution is 4.90. The molecule has 0 aromatic carbocycles. The summed E-state index contributed by atoms with van der Waals surface area (Å²) < 4.78 is 0. The van der Waals surface area contributed by atoms with Gasteiger partial charge in [0.2, 0.25) is 0 Å². The molecule has 0 amide bonds. The predicted molar refractivity (Wildman–Crippen MR) is 74.3 cm³/mol. The van der Waals surface area contributed by atoms with Crippen molar-refractivity contribution in [2.75, 3.05) is 19.6 Å². The smallest absolute Gasteiger partial charge is 0.0111 e. The van der Waals surface area contributed by atoms with E-state index in [1.165, 1.54) is 51.6 Å². The summed E-state index contributed by atoms with van der Waals surface area (Å²) in [6.45, 7) is 10.9. The Balaban J connectivity index is 1.78. The fourth-order valence-electron chi connectivity index (χ4n) is 3.55. The average Bonchev–Trinajstić information content (AvgIpc) is 2.79. The lowest BCUT2D eigenvalue weighted by molar-refractivity contribution is 0.0817. The molecule has 2 heteroatoms. The standard InChI is InChI=1S/C15H30N2/c1-4-15(3)8-10-17(11-9-15)14-7-6-13(12-14)16-5-2/h13-14,16H,4-12H2,1-3H3. The fraction of sp³-hybridized carbons (Fsp3) is 1.00. The van der Waals surface area contributed by atoms with Gasteiger partial charge < -0.3 is 10.2 Å². The molecule has 0 aromatic rings. The number of piperidine rings is 1. The summed E-state index contributed by atoms with van der Waals surface area (Å²) in [5.41, 5.74) is 0.635. The molecule has 100 valence electrons. The Morgan fingerprint density at radius 1 is 1.18 bits per heavy atom. The minimum atomic E-state index is 0.635. The molecule has 2 nitrogen and oxygen atoms in total. The molecule has 1 heterocycles. The molecule has 0 spiro atoms. The van der Waals surface area contributed by atoms with E-state index in [-0.39, 0.29) is 0 Å². The van der Waals surface area contributed by atoms with Gasteiger partial charge in [-0.25, -0.2) is 0 Å². The van der Waals surface area contributed by atoms with Crippen molar-refractivity contribution in [2.45, 2.75) is 71.4 Å². The second-order valence-corrected chi connectivity index (χ2v) is 6.42. The molecule has 2 aliphatic rings. The number of rotatable bonds is 4. The third-order valence-corrected chi connectivity index (χ3v) is 5.27. The minimum absolute atomic E-state index is 0.635. The van der Waals surface area contributed by atoms with Crippen LogP contribution < -0.4 is 5.32 Å². The largest absolute Gasteiger partial charge is 0.314 e. The van der Waals surface area contributed by atoms with Crippen LogP contribution in [-0.2, 0) is 0 Å². The summed E-state index contributed by atoms with van der Waals surface area (Å²) in [5, 5.41) is 3.61. The highest BCUT2D eigenvalue weighted by Gasteiger charge is 2.34. The van der Waals surface area contributed by atoms with E-state index < -0.39 is 0 Å². The van der Waals surface area contributed by atoms with Gasteiger partial charge in [0, 0.05) is 12.1 Å². The van der Waals surface area contributed by atoms with Gasteiger partial charge in [0.15, 0.2) is 0 Å². The Hall–Kier alpha value is -0.0800. The maximum Gasteiger partial charge on any atom is 0.0111 e. The summed E-state index contributed by atoms with van der Waals surface area (Å²) in [5.74, 6) is 0. The molecular formula is C15H30N2. The van der Waals surface area contributed by atoms with Gasteiger partial charge in [-0.2, -0.15) is 0 Å². The van der Waals surface area contributed by atoms with Crippen LogP contribution in [0.3, 0.4) is 0 Å².